The molecule has 0 saturated heterocycles. The fraction of sp³-hybridized carbons (Fsp3) is 0.552. The second-order valence-corrected chi connectivity index (χ2v) is 16.4. The molecule has 0 spiro atoms. The van der Waals surface area contributed by atoms with E-state index in [2.05, 4.69) is 5.32 Å². The summed E-state index contributed by atoms with van der Waals surface area (Å²) in [4.78, 5) is 13.5. The summed E-state index contributed by atoms with van der Waals surface area (Å²) >= 11 is 0. The highest BCUT2D eigenvalue weighted by Gasteiger charge is 2.45. The van der Waals surface area contributed by atoms with Gasteiger partial charge in [0.05, 0.1) is 27.7 Å². The molecule has 1 aliphatic rings. The Morgan fingerprint density at radius 1 is 0.976 bits per heavy atom. The van der Waals surface area contributed by atoms with E-state index in [-0.39, 0.29) is 37.1 Å². The lowest BCUT2D eigenvalue weighted by atomic mass is 9.94. The first-order chi connectivity index (χ1) is 19.5. The molecule has 0 aromatic heterocycles. The van der Waals surface area contributed by atoms with Gasteiger partial charge in [-0.3, -0.25) is 4.79 Å². The van der Waals surface area contributed by atoms with Crippen molar-refractivity contribution in [1.82, 2.24) is 13.9 Å². The monoisotopic (exact) mass is 625 g/mol. The minimum absolute atomic E-state index is 0.000800. The van der Waals surface area contributed by atoms with Gasteiger partial charge in [-0.1, -0.05) is 51.1 Å². The van der Waals surface area contributed by atoms with Crippen LogP contribution in [-0.4, -0.2) is 87.3 Å². The van der Waals surface area contributed by atoms with Crippen LogP contribution in [0.1, 0.15) is 40.2 Å². The van der Waals surface area contributed by atoms with E-state index in [1.165, 1.54) is 57.4 Å². The molecule has 0 aliphatic carbocycles. The average molecular weight is 626 g/mol. The number of rotatable bonds is 14. The van der Waals surface area contributed by atoms with Crippen molar-refractivity contribution in [2.75, 3.05) is 34.0 Å². The van der Waals surface area contributed by atoms with Crippen molar-refractivity contribution < 1.29 is 36.2 Å². The van der Waals surface area contributed by atoms with Gasteiger partial charge in [0.15, 0.2) is 11.5 Å². The molecule has 3 atom stereocenters. The molecule has 2 aromatic carbocycles. The minimum atomic E-state index is -4.08. The van der Waals surface area contributed by atoms with E-state index in [4.69, 9.17) is 9.47 Å². The molecule has 2 N–H and O–H groups in total. The Morgan fingerprint density at radius 2 is 1.60 bits per heavy atom. The van der Waals surface area contributed by atoms with Crippen LogP contribution in [0.25, 0.3) is 0 Å². The smallest absolute Gasteiger partial charge is 0.243 e. The molecule has 0 radical (unpaired) electrons. The van der Waals surface area contributed by atoms with E-state index >= 15 is 0 Å². The van der Waals surface area contributed by atoms with E-state index in [9.17, 15) is 26.7 Å². The van der Waals surface area contributed by atoms with Crippen LogP contribution in [0.2, 0.25) is 0 Å². The zero-order chi connectivity index (χ0) is 31.5. The maximum absolute atomic E-state index is 13.8. The number of amides is 1. The molecule has 1 heterocycles. The van der Waals surface area contributed by atoms with Crippen molar-refractivity contribution in [1.29, 1.82) is 0 Å². The first kappa shape index (κ1) is 33.8. The zero-order valence-electron chi connectivity index (χ0n) is 25.3. The van der Waals surface area contributed by atoms with Crippen LogP contribution in [0.4, 0.5) is 0 Å². The number of ether oxygens (including phenoxy) is 2. The van der Waals surface area contributed by atoms with Gasteiger partial charge in [-0.15, -0.1) is 0 Å². The van der Waals surface area contributed by atoms with Crippen LogP contribution in [0.3, 0.4) is 0 Å². The van der Waals surface area contributed by atoms with Gasteiger partial charge < -0.3 is 19.9 Å². The highest BCUT2D eigenvalue weighted by molar-refractivity contribution is 7.90. The lowest BCUT2D eigenvalue weighted by molar-refractivity contribution is -0.127. The molecule has 1 unspecified atom stereocenters. The Labute approximate surface area is 249 Å². The van der Waals surface area contributed by atoms with Gasteiger partial charge in [0.1, 0.15) is 0 Å². The van der Waals surface area contributed by atoms with Crippen molar-refractivity contribution in [3.63, 3.8) is 0 Å². The first-order valence-corrected chi connectivity index (χ1v) is 16.7. The SMILES string of the molecule is CC(C)CN(C[C@@H](O)[C@H](Cc1ccccc1)NC(=O)C(C)C(C)(C)S(=O)(=O)N(C)C)S(=O)(=O)c1ccc2c(c1)OCO2. The molecule has 0 bridgehead atoms. The quantitative estimate of drug-likeness (QED) is 0.326. The van der Waals surface area contributed by atoms with Crippen molar-refractivity contribution in [2.45, 2.75) is 62.8 Å². The summed E-state index contributed by atoms with van der Waals surface area (Å²) in [5.41, 5.74) is 0.809. The van der Waals surface area contributed by atoms with Crippen LogP contribution < -0.4 is 14.8 Å². The van der Waals surface area contributed by atoms with Crippen molar-refractivity contribution >= 4 is 26.0 Å². The number of aliphatic hydroxyl groups is 1. The Hall–Kier alpha value is -2.71. The molecule has 1 aliphatic heterocycles. The van der Waals surface area contributed by atoms with E-state index in [1.54, 1.807) is 0 Å². The number of carbonyl (C=O) groups is 1. The molecule has 0 fully saturated rings. The fourth-order valence-electron chi connectivity index (χ4n) is 4.67. The maximum atomic E-state index is 13.8. The van der Waals surface area contributed by atoms with Crippen molar-refractivity contribution in [3.05, 3.63) is 54.1 Å². The first-order valence-electron chi connectivity index (χ1n) is 13.8. The number of sulfonamides is 2. The average Bonchev–Trinajstić information content (AvgIpc) is 3.40. The lowest BCUT2D eigenvalue weighted by Gasteiger charge is -2.35. The summed E-state index contributed by atoms with van der Waals surface area (Å²) in [6, 6.07) is 12.6. The number of hydrogen-bond donors (Lipinski definition) is 2. The van der Waals surface area contributed by atoms with Gasteiger partial charge in [0, 0.05) is 33.3 Å². The zero-order valence-corrected chi connectivity index (χ0v) is 26.9. The summed E-state index contributed by atoms with van der Waals surface area (Å²) in [5.74, 6) is -0.859. The summed E-state index contributed by atoms with van der Waals surface area (Å²) in [5, 5.41) is 14.3. The largest absolute Gasteiger partial charge is 0.454 e. The van der Waals surface area contributed by atoms with Crippen LogP contribution >= 0.6 is 0 Å². The Kier molecular flexibility index (Phi) is 10.7. The third kappa shape index (κ3) is 7.43. The Balaban J connectivity index is 1.91. The third-order valence-corrected chi connectivity index (χ3v) is 12.1. The van der Waals surface area contributed by atoms with Crippen LogP contribution in [0.15, 0.2) is 53.4 Å². The summed E-state index contributed by atoms with van der Waals surface area (Å²) in [6.45, 7) is 8.04. The molecular formula is C29H43N3O8S2. The van der Waals surface area contributed by atoms with Crippen molar-refractivity contribution in [2.24, 2.45) is 11.8 Å². The summed E-state index contributed by atoms with van der Waals surface area (Å²) in [6.07, 6.45) is -1.13. The standard InChI is InChI=1S/C29H43N3O8S2/c1-20(2)17-32(41(35,36)23-13-14-26-27(16-23)40-19-39-26)18-25(33)24(15-22-11-9-8-10-12-22)30-28(34)21(3)29(4,5)42(37,38)31(6)7/h8-14,16,20-21,24-25,33H,15,17-19H2,1-7H3,(H,30,34)/t21?,24-,25+/m0/s1. The van der Waals surface area contributed by atoms with Gasteiger partial charge in [-0.05, 0) is 43.9 Å². The molecule has 234 valence electrons. The van der Waals surface area contributed by atoms with E-state index < -0.39 is 48.8 Å². The van der Waals surface area contributed by atoms with Crippen LogP contribution in [0.5, 0.6) is 11.5 Å². The number of aliphatic hydroxyl groups excluding tert-OH is 1. The van der Waals surface area contributed by atoms with Crippen molar-refractivity contribution in [3.8, 4) is 11.5 Å². The number of hydrogen-bond acceptors (Lipinski definition) is 8. The minimum Gasteiger partial charge on any atom is -0.454 e. The second-order valence-electron chi connectivity index (χ2n) is 11.7. The predicted molar refractivity (Wildman–Crippen MR) is 160 cm³/mol. The lowest BCUT2D eigenvalue weighted by Crippen LogP contribution is -2.56. The number of carbonyl (C=O) groups excluding carboxylic acids is 1. The Morgan fingerprint density at radius 3 is 2.19 bits per heavy atom. The van der Waals surface area contributed by atoms with Gasteiger partial charge in [0.25, 0.3) is 0 Å². The predicted octanol–water partition coefficient (Wildman–Crippen LogP) is 2.46. The van der Waals surface area contributed by atoms with Gasteiger partial charge in [-0.25, -0.2) is 21.1 Å². The molecule has 13 heteroatoms. The Bertz CT molecular complexity index is 1440. The molecule has 2 aromatic rings. The van der Waals surface area contributed by atoms with E-state index in [0.29, 0.717) is 11.5 Å². The molecule has 0 saturated carbocycles. The molecule has 42 heavy (non-hydrogen) atoms. The number of benzene rings is 2. The third-order valence-electron chi connectivity index (χ3n) is 7.61. The van der Waals surface area contributed by atoms with Gasteiger partial charge in [-0.2, -0.15) is 4.31 Å². The van der Waals surface area contributed by atoms with Gasteiger partial charge in [0.2, 0.25) is 32.7 Å². The number of fused-ring (bicyclic) bond motifs is 1. The van der Waals surface area contributed by atoms with Crippen LogP contribution in [0, 0.1) is 11.8 Å². The maximum Gasteiger partial charge on any atom is 0.243 e. The highest BCUT2D eigenvalue weighted by Crippen LogP contribution is 2.35. The number of nitrogens with zero attached hydrogens (tertiary/aromatic N) is 2. The van der Waals surface area contributed by atoms with E-state index in [1.807, 2.05) is 44.2 Å². The summed E-state index contributed by atoms with van der Waals surface area (Å²) in [7, 11) is -5.07. The summed E-state index contributed by atoms with van der Waals surface area (Å²) < 4.78 is 65.0. The second kappa shape index (κ2) is 13.3. The fourth-order valence-corrected chi connectivity index (χ4v) is 7.80. The normalized spacial score (nSPS) is 16.1. The molecule has 3 rings (SSSR count). The van der Waals surface area contributed by atoms with Gasteiger partial charge >= 0.3 is 0 Å². The molecule has 11 nitrogen and oxygen atoms in total. The van der Waals surface area contributed by atoms with Crippen LogP contribution in [-0.2, 0) is 31.3 Å². The topological polar surface area (TPSA) is 143 Å². The number of nitrogens with one attached hydrogen (secondary N) is 1. The highest BCUT2D eigenvalue weighted by atomic mass is 32.2. The van der Waals surface area contributed by atoms with E-state index in [0.717, 1.165) is 9.87 Å². The molecular weight excluding hydrogens is 582 g/mol. The molecule has 1 amide bonds.